The van der Waals surface area contributed by atoms with Crippen molar-refractivity contribution in [2.75, 3.05) is 12.0 Å². The number of nitrogens with two attached hydrogens (primary N) is 1. The van der Waals surface area contributed by atoms with Crippen LogP contribution in [0, 0.1) is 0 Å². The highest BCUT2D eigenvalue weighted by Crippen LogP contribution is 2.21. The fourth-order valence-electron chi connectivity index (χ4n) is 1.22. The van der Waals surface area contributed by atoms with Gasteiger partial charge >= 0.3 is 0 Å². The van der Waals surface area contributed by atoms with Crippen LogP contribution in [0.25, 0.3) is 0 Å². The first kappa shape index (κ1) is 14.0. The van der Waals surface area contributed by atoms with E-state index in [9.17, 15) is 8.42 Å². The molecule has 0 saturated carbocycles. The van der Waals surface area contributed by atoms with E-state index in [0.717, 1.165) is 10.6 Å². The van der Waals surface area contributed by atoms with Crippen molar-refractivity contribution in [3.05, 3.63) is 17.0 Å². The van der Waals surface area contributed by atoms with Gasteiger partial charge in [-0.05, 0) is 25.3 Å². The number of sulfonamides is 1. The van der Waals surface area contributed by atoms with Gasteiger partial charge in [-0.1, -0.05) is 0 Å². The molecule has 0 aliphatic carbocycles. The second-order valence-corrected chi connectivity index (χ2v) is 7.42. The topological polar surface area (TPSA) is 72.2 Å². The molecule has 0 spiro atoms. The summed E-state index contributed by atoms with van der Waals surface area (Å²) in [5.74, 6) is 0.758. The maximum atomic E-state index is 11.9. The summed E-state index contributed by atoms with van der Waals surface area (Å²) in [5, 5.41) is 0. The van der Waals surface area contributed by atoms with Crippen LogP contribution >= 0.6 is 23.1 Å². The van der Waals surface area contributed by atoms with Gasteiger partial charge in [0, 0.05) is 23.2 Å². The monoisotopic (exact) mass is 280 g/mol. The van der Waals surface area contributed by atoms with Gasteiger partial charge in [0.05, 0.1) is 0 Å². The average molecular weight is 280 g/mol. The summed E-state index contributed by atoms with van der Waals surface area (Å²) in [6.07, 6.45) is 1.95. The van der Waals surface area contributed by atoms with Crippen LogP contribution in [0.15, 0.2) is 16.3 Å². The number of hydrogen-bond acceptors (Lipinski definition) is 5. The normalized spacial score (nSPS) is 13.9. The van der Waals surface area contributed by atoms with Crippen molar-refractivity contribution in [1.29, 1.82) is 0 Å². The fraction of sp³-hybridized carbons (Fsp3) is 0.556. The Morgan fingerprint density at radius 2 is 2.25 bits per heavy atom. The zero-order valence-electron chi connectivity index (χ0n) is 9.26. The quantitative estimate of drug-likeness (QED) is 0.822. The van der Waals surface area contributed by atoms with Crippen LogP contribution in [-0.4, -0.2) is 26.5 Å². The summed E-state index contributed by atoms with van der Waals surface area (Å²) in [6.45, 7) is 2.23. The molecule has 1 heterocycles. The summed E-state index contributed by atoms with van der Waals surface area (Å²) in [4.78, 5) is 0.873. The molecule has 0 fully saturated rings. The first-order valence-electron chi connectivity index (χ1n) is 4.79. The van der Waals surface area contributed by atoms with Crippen molar-refractivity contribution in [3.8, 4) is 0 Å². The molecular formula is C9H16N2O2S3. The largest absolute Gasteiger partial charge is 0.326 e. The van der Waals surface area contributed by atoms with Crippen molar-refractivity contribution in [1.82, 2.24) is 4.72 Å². The molecule has 1 unspecified atom stereocenters. The van der Waals surface area contributed by atoms with Crippen LogP contribution < -0.4 is 10.5 Å². The van der Waals surface area contributed by atoms with Gasteiger partial charge in [0.25, 0.3) is 0 Å². The zero-order valence-corrected chi connectivity index (χ0v) is 11.7. The summed E-state index contributed by atoms with van der Waals surface area (Å²) in [6, 6.07) is 3.28. The lowest BCUT2D eigenvalue weighted by Crippen LogP contribution is -2.33. The van der Waals surface area contributed by atoms with E-state index in [1.54, 1.807) is 23.9 Å². The maximum Gasteiger partial charge on any atom is 0.250 e. The lowest BCUT2D eigenvalue weighted by atomic mass is 10.4. The predicted molar refractivity (Wildman–Crippen MR) is 70.4 cm³/mol. The van der Waals surface area contributed by atoms with E-state index in [4.69, 9.17) is 5.73 Å². The van der Waals surface area contributed by atoms with Gasteiger partial charge in [-0.3, -0.25) is 0 Å². The number of thiophene rings is 1. The number of nitrogens with one attached hydrogen (secondary N) is 1. The number of thioether (sulfide) groups is 1. The molecule has 0 bridgehead atoms. The Morgan fingerprint density at radius 3 is 2.75 bits per heavy atom. The highest BCUT2D eigenvalue weighted by Gasteiger charge is 2.18. The van der Waals surface area contributed by atoms with E-state index >= 15 is 0 Å². The highest BCUT2D eigenvalue weighted by atomic mass is 32.2. The Labute approximate surface area is 105 Å². The minimum atomic E-state index is -3.37. The first-order chi connectivity index (χ1) is 7.49. The molecule has 7 heteroatoms. The smallest absolute Gasteiger partial charge is 0.250 e. The molecule has 0 radical (unpaired) electrons. The van der Waals surface area contributed by atoms with Crippen LogP contribution in [0.2, 0.25) is 0 Å². The third-order valence-electron chi connectivity index (χ3n) is 1.88. The molecule has 0 aromatic carbocycles. The van der Waals surface area contributed by atoms with E-state index in [-0.39, 0.29) is 6.04 Å². The number of hydrogen-bond donors (Lipinski definition) is 2. The van der Waals surface area contributed by atoms with Gasteiger partial charge in [0.15, 0.2) is 0 Å². The summed E-state index contributed by atoms with van der Waals surface area (Å²) >= 11 is 2.83. The number of rotatable bonds is 6. The van der Waals surface area contributed by atoms with E-state index in [1.807, 2.05) is 13.2 Å². The predicted octanol–water partition coefficient (Wildman–Crippen LogP) is 1.24. The second-order valence-electron chi connectivity index (χ2n) is 3.40. The third kappa shape index (κ3) is 3.74. The van der Waals surface area contributed by atoms with E-state index in [0.29, 0.717) is 10.8 Å². The van der Waals surface area contributed by atoms with Crippen molar-refractivity contribution in [3.63, 3.8) is 0 Å². The van der Waals surface area contributed by atoms with E-state index in [1.165, 1.54) is 11.3 Å². The summed E-state index contributed by atoms with van der Waals surface area (Å²) in [7, 11) is -3.37. The second kappa shape index (κ2) is 6.02. The zero-order chi connectivity index (χ0) is 12.2. The molecule has 92 valence electrons. The standard InChI is InChI=1S/C9H16N2O2S3/c1-7(6-14-2)11-16(12,13)9-4-3-8(5-10)15-9/h3-4,7,11H,5-6,10H2,1-2H3. The van der Waals surface area contributed by atoms with Gasteiger partial charge in [0.2, 0.25) is 10.0 Å². The van der Waals surface area contributed by atoms with Gasteiger partial charge in [-0.25, -0.2) is 13.1 Å². The van der Waals surface area contributed by atoms with Crippen LogP contribution in [0.4, 0.5) is 0 Å². The minimum absolute atomic E-state index is 0.0663. The van der Waals surface area contributed by atoms with Crippen LogP contribution in [0.5, 0.6) is 0 Å². The van der Waals surface area contributed by atoms with Crippen LogP contribution in [0.3, 0.4) is 0 Å². The van der Waals surface area contributed by atoms with Gasteiger partial charge in [0.1, 0.15) is 4.21 Å². The fourth-order valence-corrected chi connectivity index (χ4v) is 4.40. The SMILES string of the molecule is CSCC(C)NS(=O)(=O)c1ccc(CN)s1. The van der Waals surface area contributed by atoms with Crippen molar-refractivity contribution in [2.45, 2.75) is 23.7 Å². The van der Waals surface area contributed by atoms with Gasteiger partial charge in [-0.15, -0.1) is 11.3 Å². The minimum Gasteiger partial charge on any atom is -0.326 e. The first-order valence-corrected chi connectivity index (χ1v) is 8.49. The maximum absolute atomic E-state index is 11.9. The summed E-state index contributed by atoms with van der Waals surface area (Å²) in [5.41, 5.74) is 5.45. The molecule has 1 aromatic heterocycles. The Bertz CT molecular complexity index is 428. The van der Waals surface area contributed by atoms with Gasteiger partial charge < -0.3 is 5.73 Å². The Kier molecular flexibility index (Phi) is 5.26. The molecule has 3 N–H and O–H groups in total. The Morgan fingerprint density at radius 1 is 1.56 bits per heavy atom. The molecule has 1 atom stereocenters. The summed E-state index contributed by atoms with van der Waals surface area (Å²) < 4.78 is 26.8. The average Bonchev–Trinajstić information content (AvgIpc) is 2.65. The molecule has 0 aliphatic rings. The van der Waals surface area contributed by atoms with Crippen LogP contribution in [-0.2, 0) is 16.6 Å². The molecule has 4 nitrogen and oxygen atoms in total. The van der Waals surface area contributed by atoms with Crippen LogP contribution in [0.1, 0.15) is 11.8 Å². The molecule has 0 amide bonds. The third-order valence-corrected chi connectivity index (χ3v) is 5.90. The van der Waals surface area contributed by atoms with Crippen molar-refractivity contribution < 1.29 is 8.42 Å². The van der Waals surface area contributed by atoms with Gasteiger partial charge in [-0.2, -0.15) is 11.8 Å². The van der Waals surface area contributed by atoms with E-state index in [2.05, 4.69) is 4.72 Å². The molecular weight excluding hydrogens is 264 g/mol. The molecule has 16 heavy (non-hydrogen) atoms. The molecule has 0 aliphatic heterocycles. The Balaban J connectivity index is 2.77. The van der Waals surface area contributed by atoms with Crippen molar-refractivity contribution in [2.24, 2.45) is 5.73 Å². The molecule has 1 aromatic rings. The lowest BCUT2D eigenvalue weighted by Gasteiger charge is -2.11. The highest BCUT2D eigenvalue weighted by molar-refractivity contribution is 7.98. The van der Waals surface area contributed by atoms with E-state index < -0.39 is 10.0 Å². The lowest BCUT2D eigenvalue weighted by molar-refractivity contribution is 0.573. The Hall–Kier alpha value is -0.0800. The molecule has 1 rings (SSSR count). The van der Waals surface area contributed by atoms with Crippen molar-refractivity contribution >= 4 is 33.1 Å². The molecule has 0 saturated heterocycles.